The van der Waals surface area contributed by atoms with Gasteiger partial charge < -0.3 is 20.3 Å². The van der Waals surface area contributed by atoms with Crippen molar-refractivity contribution in [3.63, 3.8) is 0 Å². The molecule has 1 saturated heterocycles. The Morgan fingerprint density at radius 2 is 1.79 bits per heavy atom. The van der Waals surface area contributed by atoms with Gasteiger partial charge in [-0.15, -0.1) is 0 Å². The number of carbonyl (C=O) groups is 2. The first-order chi connectivity index (χ1) is 16.5. The van der Waals surface area contributed by atoms with Crippen LogP contribution < -0.4 is 20.3 Å². The van der Waals surface area contributed by atoms with E-state index < -0.39 is 11.8 Å². The largest absolute Gasteiger partial charge is 0.495 e. The normalized spacial score (nSPS) is 17.0. The Morgan fingerprint density at radius 1 is 1.00 bits per heavy atom. The second-order valence-electron chi connectivity index (χ2n) is 9.39. The first kappa shape index (κ1) is 24.1. The number of hydrogen-bond donors (Lipinski definition) is 2. The van der Waals surface area contributed by atoms with Crippen molar-refractivity contribution in [3.8, 4) is 5.75 Å². The summed E-state index contributed by atoms with van der Waals surface area (Å²) >= 11 is 0. The van der Waals surface area contributed by atoms with Crippen LogP contribution in [0.2, 0.25) is 0 Å². The first-order valence-electron chi connectivity index (χ1n) is 12.3. The van der Waals surface area contributed by atoms with Gasteiger partial charge in [-0.3, -0.25) is 14.5 Å². The number of ether oxygens (including phenoxy) is 1. The molecule has 1 atom stereocenters. The zero-order valence-corrected chi connectivity index (χ0v) is 20.5. The summed E-state index contributed by atoms with van der Waals surface area (Å²) < 4.78 is 5.31. The predicted molar refractivity (Wildman–Crippen MR) is 136 cm³/mol. The molecule has 34 heavy (non-hydrogen) atoms. The molecule has 2 amide bonds. The molecule has 4 rings (SSSR count). The van der Waals surface area contributed by atoms with Crippen molar-refractivity contribution >= 4 is 23.2 Å². The molecule has 2 N–H and O–H groups in total. The average molecular weight is 465 g/mol. The van der Waals surface area contributed by atoms with Crippen molar-refractivity contribution in [2.45, 2.75) is 45.1 Å². The molecule has 0 bridgehead atoms. The van der Waals surface area contributed by atoms with Crippen LogP contribution in [0.4, 0.5) is 11.4 Å². The Hall–Kier alpha value is -3.06. The predicted octanol–water partition coefficient (Wildman–Crippen LogP) is 3.67. The van der Waals surface area contributed by atoms with Gasteiger partial charge in [0, 0.05) is 25.8 Å². The second-order valence-corrected chi connectivity index (χ2v) is 9.39. The standard InChI is InChI=1S/C27H36N4O3/c1-19-9-12-25(34-3)22(16-19)29-27(33)26(32)28-18-24(31-14-5-4-6-15-31)21-10-11-23-20(17-21)8-7-13-30(23)2/h9-12,16-17,24H,4-8,13-15,18H2,1-3H3,(H,28,32)(H,29,33). The van der Waals surface area contributed by atoms with Crippen molar-refractivity contribution in [2.75, 3.05) is 50.6 Å². The molecule has 1 fully saturated rings. The number of carbonyl (C=O) groups excluding carboxylic acids is 2. The fraction of sp³-hybridized carbons (Fsp3) is 0.481. The van der Waals surface area contributed by atoms with Crippen molar-refractivity contribution in [3.05, 3.63) is 53.1 Å². The van der Waals surface area contributed by atoms with E-state index >= 15 is 0 Å². The van der Waals surface area contributed by atoms with Gasteiger partial charge in [-0.25, -0.2) is 0 Å². The maximum Gasteiger partial charge on any atom is 0.313 e. The molecule has 1 unspecified atom stereocenters. The molecule has 2 aromatic rings. The summed E-state index contributed by atoms with van der Waals surface area (Å²) in [5, 5.41) is 5.59. The van der Waals surface area contributed by atoms with E-state index in [1.165, 1.54) is 23.2 Å². The average Bonchev–Trinajstić information content (AvgIpc) is 2.85. The van der Waals surface area contributed by atoms with Crippen LogP contribution in [0, 0.1) is 6.92 Å². The van der Waals surface area contributed by atoms with Crippen LogP contribution in [0.3, 0.4) is 0 Å². The molecule has 0 saturated carbocycles. The number of fused-ring (bicyclic) bond motifs is 1. The molecule has 0 aliphatic carbocycles. The van der Waals surface area contributed by atoms with E-state index in [1.54, 1.807) is 19.2 Å². The minimum Gasteiger partial charge on any atom is -0.495 e. The highest BCUT2D eigenvalue weighted by atomic mass is 16.5. The van der Waals surface area contributed by atoms with E-state index in [2.05, 4.69) is 45.7 Å². The summed E-state index contributed by atoms with van der Waals surface area (Å²) in [5.74, 6) is -0.798. The number of anilines is 2. The highest BCUT2D eigenvalue weighted by Crippen LogP contribution is 2.32. The Bertz CT molecular complexity index is 1030. The number of nitrogens with zero attached hydrogens (tertiary/aromatic N) is 2. The van der Waals surface area contributed by atoms with E-state index in [4.69, 9.17) is 4.74 Å². The smallest absolute Gasteiger partial charge is 0.313 e. The molecule has 0 spiro atoms. The fourth-order valence-electron chi connectivity index (χ4n) is 5.07. The van der Waals surface area contributed by atoms with Gasteiger partial charge in [-0.1, -0.05) is 24.6 Å². The number of aryl methyl sites for hydroxylation is 2. The Labute approximate surface area is 202 Å². The van der Waals surface area contributed by atoms with Gasteiger partial charge in [0.05, 0.1) is 18.8 Å². The van der Waals surface area contributed by atoms with Crippen LogP contribution in [0.25, 0.3) is 0 Å². The number of amides is 2. The lowest BCUT2D eigenvalue weighted by Crippen LogP contribution is -2.43. The number of nitrogens with one attached hydrogen (secondary N) is 2. The van der Waals surface area contributed by atoms with Crippen LogP contribution in [0.1, 0.15) is 48.4 Å². The SMILES string of the molecule is COc1ccc(C)cc1NC(=O)C(=O)NCC(c1ccc2c(c1)CCCN2C)N1CCCCC1. The minimum atomic E-state index is -0.687. The molecule has 2 aromatic carbocycles. The fourth-order valence-corrected chi connectivity index (χ4v) is 5.07. The third kappa shape index (κ3) is 5.53. The zero-order valence-electron chi connectivity index (χ0n) is 20.5. The van der Waals surface area contributed by atoms with Crippen LogP contribution in [-0.2, 0) is 16.0 Å². The molecule has 2 aliphatic rings. The van der Waals surface area contributed by atoms with E-state index in [0.29, 0.717) is 18.0 Å². The Balaban J connectivity index is 1.47. The van der Waals surface area contributed by atoms with Gasteiger partial charge >= 0.3 is 11.8 Å². The summed E-state index contributed by atoms with van der Waals surface area (Å²) in [7, 11) is 3.68. The number of rotatable bonds is 6. The van der Waals surface area contributed by atoms with Crippen LogP contribution in [0.15, 0.2) is 36.4 Å². The number of likely N-dealkylation sites (tertiary alicyclic amines) is 1. The van der Waals surface area contributed by atoms with Crippen LogP contribution in [0.5, 0.6) is 5.75 Å². The molecule has 0 aromatic heterocycles. The molecule has 2 aliphatic heterocycles. The highest BCUT2D eigenvalue weighted by Gasteiger charge is 2.26. The number of piperidine rings is 1. The molecule has 0 radical (unpaired) electrons. The molecular weight excluding hydrogens is 428 g/mol. The molecule has 7 nitrogen and oxygen atoms in total. The van der Waals surface area contributed by atoms with Crippen molar-refractivity contribution in [1.82, 2.24) is 10.2 Å². The monoisotopic (exact) mass is 464 g/mol. The Morgan fingerprint density at radius 3 is 2.56 bits per heavy atom. The summed E-state index contributed by atoms with van der Waals surface area (Å²) in [6.45, 7) is 5.41. The van der Waals surface area contributed by atoms with Gasteiger partial charge in [0.1, 0.15) is 5.75 Å². The third-order valence-corrected chi connectivity index (χ3v) is 6.94. The summed E-state index contributed by atoms with van der Waals surface area (Å²) in [5.41, 5.74) is 5.33. The number of methoxy groups -OCH3 is 1. The van der Waals surface area contributed by atoms with Crippen LogP contribution >= 0.6 is 0 Å². The lowest BCUT2D eigenvalue weighted by Gasteiger charge is -2.36. The lowest BCUT2D eigenvalue weighted by molar-refractivity contribution is -0.136. The summed E-state index contributed by atoms with van der Waals surface area (Å²) in [6.07, 6.45) is 5.79. The van der Waals surface area contributed by atoms with Crippen molar-refractivity contribution < 1.29 is 14.3 Å². The topological polar surface area (TPSA) is 73.9 Å². The summed E-state index contributed by atoms with van der Waals surface area (Å²) in [6, 6.07) is 12.2. The lowest BCUT2D eigenvalue weighted by atomic mass is 9.95. The van der Waals surface area contributed by atoms with Gasteiger partial charge in [0.25, 0.3) is 0 Å². The maximum atomic E-state index is 12.7. The number of benzene rings is 2. The maximum absolute atomic E-state index is 12.7. The first-order valence-corrected chi connectivity index (χ1v) is 12.3. The summed E-state index contributed by atoms with van der Waals surface area (Å²) in [4.78, 5) is 30.1. The van der Waals surface area contributed by atoms with Crippen LogP contribution in [-0.4, -0.2) is 57.1 Å². The van der Waals surface area contributed by atoms with E-state index in [-0.39, 0.29) is 6.04 Å². The van der Waals surface area contributed by atoms with E-state index in [1.807, 2.05) is 13.0 Å². The van der Waals surface area contributed by atoms with E-state index in [0.717, 1.165) is 50.9 Å². The van der Waals surface area contributed by atoms with E-state index in [9.17, 15) is 9.59 Å². The highest BCUT2D eigenvalue weighted by molar-refractivity contribution is 6.39. The molecular formula is C27H36N4O3. The van der Waals surface area contributed by atoms with Gasteiger partial charge in [0.15, 0.2) is 0 Å². The minimum absolute atomic E-state index is 0.0445. The second kappa shape index (κ2) is 10.9. The zero-order chi connectivity index (χ0) is 24.1. The molecule has 2 heterocycles. The van der Waals surface area contributed by atoms with Gasteiger partial charge in [-0.2, -0.15) is 0 Å². The molecule has 7 heteroatoms. The third-order valence-electron chi connectivity index (χ3n) is 6.94. The van der Waals surface area contributed by atoms with Gasteiger partial charge in [-0.05, 0) is 80.6 Å². The Kier molecular flexibility index (Phi) is 7.73. The number of hydrogen-bond acceptors (Lipinski definition) is 5. The van der Waals surface area contributed by atoms with Crippen molar-refractivity contribution in [2.24, 2.45) is 0 Å². The van der Waals surface area contributed by atoms with Gasteiger partial charge in [0.2, 0.25) is 0 Å². The van der Waals surface area contributed by atoms with Crippen molar-refractivity contribution in [1.29, 1.82) is 0 Å². The quantitative estimate of drug-likeness (QED) is 0.638. The molecule has 182 valence electrons.